The van der Waals surface area contributed by atoms with Gasteiger partial charge in [0.05, 0.1) is 18.2 Å². The number of rotatable bonds is 11. The molecule has 0 unspecified atom stereocenters. The Hall–Kier alpha value is -5.99. The van der Waals surface area contributed by atoms with E-state index < -0.39 is 71.2 Å². The van der Waals surface area contributed by atoms with Gasteiger partial charge in [-0.1, -0.05) is 105 Å². The first-order valence-electron chi connectivity index (χ1n) is 19.7. The van der Waals surface area contributed by atoms with E-state index in [1.54, 1.807) is 61.6 Å². The first kappa shape index (κ1) is 42.6. The van der Waals surface area contributed by atoms with Gasteiger partial charge >= 0.3 is 18.2 Å². The van der Waals surface area contributed by atoms with E-state index in [0.29, 0.717) is 16.6 Å². The van der Waals surface area contributed by atoms with E-state index in [1.165, 1.54) is 11.2 Å². The molecule has 59 heavy (non-hydrogen) atoms. The van der Waals surface area contributed by atoms with Crippen LogP contribution in [0, 0.1) is 5.92 Å². The summed E-state index contributed by atoms with van der Waals surface area (Å²) in [7, 11) is 0. The second-order valence-electron chi connectivity index (χ2n) is 17.0. The van der Waals surface area contributed by atoms with Crippen molar-refractivity contribution in [3.8, 4) is 0 Å². The summed E-state index contributed by atoms with van der Waals surface area (Å²) in [6, 6.07) is 25.5. The number of nitrogens with one attached hydrogen (secondary N) is 2. The minimum absolute atomic E-state index is 0.150. The Balaban J connectivity index is 1.50. The van der Waals surface area contributed by atoms with Gasteiger partial charge in [0, 0.05) is 11.8 Å². The number of fused-ring (bicyclic) bond motifs is 1. The van der Waals surface area contributed by atoms with Crippen LogP contribution in [0.15, 0.2) is 104 Å². The largest absolute Gasteiger partial charge is 0.455 e. The average Bonchev–Trinajstić information content (AvgIpc) is 3.73. The number of alkyl carbamates (subject to hydrolysis) is 1. The highest BCUT2D eigenvalue weighted by Gasteiger charge is 2.56. The number of esters is 1. The predicted octanol–water partition coefficient (Wildman–Crippen LogP) is 7.03. The number of aliphatic hydroxyl groups excluding tert-OH is 1. The average molecular weight is 807 g/mol. The number of amides is 2. The van der Waals surface area contributed by atoms with Gasteiger partial charge in [0.1, 0.15) is 46.8 Å². The number of carbonyl (C=O) groups is 3. The lowest BCUT2D eigenvalue weighted by Gasteiger charge is -2.38. The van der Waals surface area contributed by atoms with Crippen LogP contribution in [0.1, 0.15) is 83.7 Å². The number of benzene rings is 3. The fourth-order valence-electron chi connectivity index (χ4n) is 7.46. The van der Waals surface area contributed by atoms with E-state index >= 15 is 0 Å². The van der Waals surface area contributed by atoms with Crippen molar-refractivity contribution in [3.05, 3.63) is 126 Å². The molecule has 5 N–H and O–H groups in total. The number of hydrogen-bond acceptors (Lipinski definition) is 11. The van der Waals surface area contributed by atoms with Crippen LogP contribution in [0.25, 0.3) is 11.0 Å². The van der Waals surface area contributed by atoms with Crippen LogP contribution in [0.5, 0.6) is 0 Å². The lowest BCUT2D eigenvalue weighted by atomic mass is 9.80. The molecule has 0 radical (unpaired) electrons. The molecule has 2 amide bonds. The molecule has 5 atom stereocenters. The first-order valence-corrected chi connectivity index (χ1v) is 19.7. The molecule has 3 heterocycles. The molecule has 2 aromatic heterocycles. The highest BCUT2D eigenvalue weighted by molar-refractivity contribution is 5.88. The fourth-order valence-corrected chi connectivity index (χ4v) is 7.46. The molecule has 0 saturated carbocycles. The van der Waals surface area contributed by atoms with Crippen molar-refractivity contribution in [3.63, 3.8) is 0 Å². The molecule has 312 valence electrons. The molecular formula is C45H54N6O8. The van der Waals surface area contributed by atoms with Gasteiger partial charge < -0.3 is 40.1 Å². The lowest BCUT2D eigenvalue weighted by molar-refractivity contribution is -0.159. The van der Waals surface area contributed by atoms with Crippen LogP contribution in [-0.2, 0) is 29.3 Å². The molecule has 5 aromatic rings. The Kier molecular flexibility index (Phi) is 12.3. The number of nitrogen functional groups attached to an aromatic ring is 1. The van der Waals surface area contributed by atoms with Crippen molar-refractivity contribution in [1.82, 2.24) is 25.2 Å². The smallest absolute Gasteiger partial charge is 0.411 e. The molecule has 1 fully saturated rings. The van der Waals surface area contributed by atoms with Gasteiger partial charge in [-0.2, -0.15) is 0 Å². The Morgan fingerprint density at radius 1 is 0.831 bits per heavy atom. The molecule has 14 nitrogen and oxygen atoms in total. The maximum Gasteiger partial charge on any atom is 0.411 e. The van der Waals surface area contributed by atoms with Crippen molar-refractivity contribution in [2.45, 2.75) is 103 Å². The first-order chi connectivity index (χ1) is 27.9. The molecule has 1 aliphatic heterocycles. The van der Waals surface area contributed by atoms with Gasteiger partial charge in [0.15, 0.2) is 11.9 Å². The number of likely N-dealkylation sites (tertiary alicyclic amines) is 1. The highest BCUT2D eigenvalue weighted by atomic mass is 16.6. The molecule has 0 bridgehead atoms. The third-order valence-corrected chi connectivity index (χ3v) is 10.0. The van der Waals surface area contributed by atoms with Crippen molar-refractivity contribution >= 4 is 35.0 Å². The van der Waals surface area contributed by atoms with Crippen LogP contribution < -0.4 is 11.1 Å². The summed E-state index contributed by atoms with van der Waals surface area (Å²) in [5.74, 6) is -1.17. The molecule has 14 heteroatoms. The zero-order valence-electron chi connectivity index (χ0n) is 34.7. The minimum Gasteiger partial charge on any atom is -0.455 e. The second-order valence-corrected chi connectivity index (χ2v) is 17.0. The molecular weight excluding hydrogens is 753 g/mol. The summed E-state index contributed by atoms with van der Waals surface area (Å²) in [4.78, 5) is 55.0. The normalized spacial score (nSPS) is 19.1. The summed E-state index contributed by atoms with van der Waals surface area (Å²) in [5, 5.41) is 15.2. The Bertz CT molecular complexity index is 2120. The van der Waals surface area contributed by atoms with E-state index in [0.717, 1.165) is 16.7 Å². The van der Waals surface area contributed by atoms with Gasteiger partial charge in [-0.25, -0.2) is 24.4 Å². The summed E-state index contributed by atoms with van der Waals surface area (Å²) < 4.78 is 24.9. The van der Waals surface area contributed by atoms with E-state index in [2.05, 4.69) is 20.3 Å². The summed E-state index contributed by atoms with van der Waals surface area (Å²) in [6.45, 7) is 13.5. The van der Waals surface area contributed by atoms with E-state index in [9.17, 15) is 19.5 Å². The van der Waals surface area contributed by atoms with E-state index in [-0.39, 0.29) is 12.4 Å². The van der Waals surface area contributed by atoms with Crippen LogP contribution >= 0.6 is 0 Å². The molecule has 1 saturated heterocycles. The van der Waals surface area contributed by atoms with Crippen LogP contribution in [0.3, 0.4) is 0 Å². The third-order valence-electron chi connectivity index (χ3n) is 10.0. The maximum absolute atomic E-state index is 14.7. The van der Waals surface area contributed by atoms with Gasteiger partial charge in [0.2, 0.25) is 0 Å². The standard InChI is InChI=1S/C45H54N6O8/c1-27(2)33(50-41(54)58-43(3,4)5)40(53)57-38-36(31-24-47-35-34(31)48-26-49-39(35)46)51(42(55)59-44(6,7)8)32(37(38)52)25-56-45(28-18-12-9-13-19-28,29-20-14-10-15-21-29)30-22-16-11-17-23-30/h9-24,26-27,32-33,36-38,47,52H,25H2,1-8H3,(H,50,54)(H2,46,48,49)/t32-,33+,36+,37-,38+/m1/s1. The monoisotopic (exact) mass is 806 g/mol. The van der Waals surface area contributed by atoms with Gasteiger partial charge in [-0.15, -0.1) is 0 Å². The number of carbonyl (C=O) groups excluding carboxylic acids is 3. The SMILES string of the molecule is CC(C)[C@H](NC(=O)OC(C)(C)C)C(=O)O[C@@H]1[C@H](O)[C@@H](COC(c2ccccc2)(c2ccccc2)c2ccccc2)N(C(=O)OC(C)(C)C)[C@H]1c1c[nH]c2c(N)ncnc12. The zero-order chi connectivity index (χ0) is 42.7. The number of nitrogens with zero attached hydrogens (tertiary/aromatic N) is 3. The van der Waals surface area contributed by atoms with Crippen molar-refractivity contribution in [2.75, 3.05) is 12.3 Å². The van der Waals surface area contributed by atoms with Crippen LogP contribution in [0.2, 0.25) is 0 Å². The van der Waals surface area contributed by atoms with Crippen molar-refractivity contribution < 1.29 is 38.4 Å². The Labute approximate surface area is 344 Å². The number of aromatic amines is 1. The van der Waals surface area contributed by atoms with Crippen LogP contribution in [-0.4, -0.2) is 85.2 Å². The number of nitrogens with two attached hydrogens (primary N) is 1. The number of hydrogen-bond donors (Lipinski definition) is 4. The van der Waals surface area contributed by atoms with Crippen molar-refractivity contribution in [1.29, 1.82) is 0 Å². The molecule has 1 aliphatic rings. The number of ether oxygens (including phenoxy) is 4. The third kappa shape index (κ3) is 9.18. The minimum atomic E-state index is -1.56. The van der Waals surface area contributed by atoms with Gasteiger partial charge in [-0.05, 0) is 64.2 Å². The van der Waals surface area contributed by atoms with E-state index in [4.69, 9.17) is 24.7 Å². The number of aromatic nitrogens is 3. The molecule has 3 aromatic carbocycles. The summed E-state index contributed by atoms with van der Waals surface area (Å²) in [5.41, 5.74) is 6.68. The second kappa shape index (κ2) is 17.1. The lowest BCUT2D eigenvalue weighted by Crippen LogP contribution is -2.49. The Morgan fingerprint density at radius 2 is 1.36 bits per heavy atom. The maximum atomic E-state index is 14.7. The number of anilines is 1. The van der Waals surface area contributed by atoms with Crippen LogP contribution in [0.4, 0.5) is 15.4 Å². The topological polar surface area (TPSA) is 191 Å². The van der Waals surface area contributed by atoms with Gasteiger partial charge in [-0.3, -0.25) is 4.90 Å². The number of H-pyrrole nitrogens is 1. The quantitative estimate of drug-likeness (QED) is 0.0609. The zero-order valence-corrected chi connectivity index (χ0v) is 34.7. The summed E-state index contributed by atoms with van der Waals surface area (Å²) in [6.07, 6.45) is -1.73. The number of aliphatic hydroxyl groups is 1. The van der Waals surface area contributed by atoms with Crippen molar-refractivity contribution in [2.24, 2.45) is 5.92 Å². The van der Waals surface area contributed by atoms with E-state index in [1.807, 2.05) is 91.0 Å². The summed E-state index contributed by atoms with van der Waals surface area (Å²) >= 11 is 0. The predicted molar refractivity (Wildman–Crippen MR) is 222 cm³/mol. The molecule has 0 spiro atoms. The molecule has 6 rings (SSSR count). The highest BCUT2D eigenvalue weighted by Crippen LogP contribution is 2.45. The Morgan fingerprint density at radius 3 is 1.85 bits per heavy atom. The molecule has 0 aliphatic carbocycles. The fraction of sp³-hybridized carbons (Fsp3) is 0.400. The van der Waals surface area contributed by atoms with Gasteiger partial charge in [0.25, 0.3) is 0 Å².